The van der Waals surface area contributed by atoms with E-state index in [1.807, 2.05) is 31.2 Å². The molecule has 150 valence electrons. The molecule has 0 aliphatic carbocycles. The second-order valence-corrected chi connectivity index (χ2v) is 6.77. The van der Waals surface area contributed by atoms with E-state index in [0.29, 0.717) is 42.5 Å². The number of ether oxygens (including phenoxy) is 1. The van der Waals surface area contributed by atoms with Crippen molar-refractivity contribution in [3.8, 4) is 17.1 Å². The number of rotatable bonds is 6. The fraction of sp³-hybridized carbons (Fsp3) is 0.286. The topological polar surface area (TPSA) is 68.5 Å². The summed E-state index contributed by atoms with van der Waals surface area (Å²) in [7, 11) is 0. The van der Waals surface area contributed by atoms with Gasteiger partial charge in [0.25, 0.3) is 0 Å². The molecule has 0 spiro atoms. The Bertz CT molecular complexity index is 1020. The van der Waals surface area contributed by atoms with Gasteiger partial charge in [0.05, 0.1) is 6.61 Å². The summed E-state index contributed by atoms with van der Waals surface area (Å²) >= 11 is 0. The lowest BCUT2D eigenvalue weighted by Crippen LogP contribution is -2.27. The fourth-order valence-electron chi connectivity index (χ4n) is 3.47. The number of carbonyl (C=O) groups excluding carboxylic acids is 1. The Labute approximate surface area is 166 Å². The molecule has 29 heavy (non-hydrogen) atoms. The van der Waals surface area contributed by atoms with Gasteiger partial charge in [-0.25, -0.2) is 8.78 Å². The van der Waals surface area contributed by atoms with E-state index in [4.69, 9.17) is 9.26 Å². The Hall–Kier alpha value is -3.29. The van der Waals surface area contributed by atoms with Crippen molar-refractivity contribution in [3.05, 3.63) is 65.6 Å². The van der Waals surface area contributed by atoms with E-state index in [9.17, 15) is 13.6 Å². The molecule has 1 aliphatic rings. The van der Waals surface area contributed by atoms with Crippen LogP contribution in [-0.2, 0) is 11.3 Å². The molecule has 2 aromatic carbocycles. The maximum absolute atomic E-state index is 13.5. The minimum atomic E-state index is -0.683. The third kappa shape index (κ3) is 4.11. The third-order valence-corrected chi connectivity index (χ3v) is 4.73. The number of halogens is 2. The van der Waals surface area contributed by atoms with Crippen LogP contribution in [0.15, 0.2) is 47.0 Å². The monoisotopic (exact) mass is 399 g/mol. The predicted molar refractivity (Wildman–Crippen MR) is 99.8 cm³/mol. The average Bonchev–Trinajstić information content (AvgIpc) is 3.29. The van der Waals surface area contributed by atoms with Gasteiger partial charge in [-0.1, -0.05) is 17.3 Å². The molecule has 1 aromatic heterocycles. The van der Waals surface area contributed by atoms with Crippen molar-refractivity contribution in [1.82, 2.24) is 15.0 Å². The Kier molecular flexibility index (Phi) is 5.24. The molecule has 1 aliphatic heterocycles. The zero-order valence-electron chi connectivity index (χ0n) is 15.8. The quantitative estimate of drug-likeness (QED) is 0.619. The standard InChI is InChI=1S/C21H19F2N3O3/c1-2-28-17-5-3-4-14(10-17)20-24-21(29-25-20)18-6-7-19(27)26(18)12-13-8-15(22)11-16(23)9-13/h3-5,8-11,18H,2,6-7,12H2,1H3. The molecule has 1 atom stereocenters. The molecule has 6 nitrogen and oxygen atoms in total. The van der Waals surface area contributed by atoms with E-state index in [-0.39, 0.29) is 12.5 Å². The first-order valence-corrected chi connectivity index (χ1v) is 9.34. The molecule has 1 unspecified atom stereocenters. The van der Waals surface area contributed by atoms with Crippen molar-refractivity contribution >= 4 is 5.91 Å². The smallest absolute Gasteiger partial charge is 0.249 e. The van der Waals surface area contributed by atoms with Crippen molar-refractivity contribution in [3.63, 3.8) is 0 Å². The van der Waals surface area contributed by atoms with Crippen molar-refractivity contribution in [2.45, 2.75) is 32.4 Å². The van der Waals surface area contributed by atoms with E-state index < -0.39 is 17.7 Å². The van der Waals surface area contributed by atoms with Gasteiger partial charge < -0.3 is 14.2 Å². The van der Waals surface area contributed by atoms with Crippen LogP contribution in [0.4, 0.5) is 8.78 Å². The minimum absolute atomic E-state index is 0.0652. The van der Waals surface area contributed by atoms with Gasteiger partial charge >= 0.3 is 0 Å². The zero-order chi connectivity index (χ0) is 20.4. The third-order valence-electron chi connectivity index (χ3n) is 4.73. The van der Waals surface area contributed by atoms with Crippen LogP contribution in [0.25, 0.3) is 11.4 Å². The molecule has 0 saturated carbocycles. The Morgan fingerprint density at radius 2 is 2.00 bits per heavy atom. The summed E-state index contributed by atoms with van der Waals surface area (Å²) in [6, 6.07) is 10.1. The molecule has 0 radical (unpaired) electrons. The maximum Gasteiger partial charge on any atom is 0.249 e. The van der Waals surface area contributed by atoms with Crippen LogP contribution in [-0.4, -0.2) is 27.6 Å². The second kappa shape index (κ2) is 7.98. The van der Waals surface area contributed by atoms with Crippen LogP contribution in [0.2, 0.25) is 0 Å². The van der Waals surface area contributed by atoms with Gasteiger partial charge in [-0.15, -0.1) is 0 Å². The minimum Gasteiger partial charge on any atom is -0.494 e. The lowest BCUT2D eigenvalue weighted by Gasteiger charge is -2.22. The predicted octanol–water partition coefficient (Wildman–Crippen LogP) is 4.28. The van der Waals surface area contributed by atoms with Crippen LogP contribution >= 0.6 is 0 Å². The highest BCUT2D eigenvalue weighted by Crippen LogP contribution is 2.34. The number of hydrogen-bond acceptors (Lipinski definition) is 5. The first-order chi connectivity index (χ1) is 14.0. The number of carbonyl (C=O) groups is 1. The van der Waals surface area contributed by atoms with Gasteiger partial charge in [0.15, 0.2) is 0 Å². The first-order valence-electron chi connectivity index (χ1n) is 9.34. The number of likely N-dealkylation sites (tertiary alicyclic amines) is 1. The molecule has 0 N–H and O–H groups in total. The van der Waals surface area contributed by atoms with Gasteiger partial charge in [0.1, 0.15) is 23.4 Å². The summed E-state index contributed by atoms with van der Waals surface area (Å²) in [6.07, 6.45) is 0.803. The van der Waals surface area contributed by atoms with Gasteiger partial charge in [0.2, 0.25) is 17.6 Å². The van der Waals surface area contributed by atoms with E-state index in [1.165, 1.54) is 17.0 Å². The Balaban J connectivity index is 1.57. The SMILES string of the molecule is CCOc1cccc(-c2noc(C3CCC(=O)N3Cc3cc(F)cc(F)c3)n2)c1. The number of nitrogens with zero attached hydrogens (tertiary/aromatic N) is 3. The summed E-state index contributed by atoms with van der Waals surface area (Å²) in [5.41, 5.74) is 1.10. The van der Waals surface area contributed by atoms with Gasteiger partial charge in [-0.2, -0.15) is 4.98 Å². The Morgan fingerprint density at radius 3 is 2.76 bits per heavy atom. The number of benzene rings is 2. The molecule has 1 saturated heterocycles. The zero-order valence-corrected chi connectivity index (χ0v) is 15.8. The second-order valence-electron chi connectivity index (χ2n) is 6.77. The first kappa shape index (κ1) is 19.0. The van der Waals surface area contributed by atoms with Crippen LogP contribution in [0, 0.1) is 11.6 Å². The van der Waals surface area contributed by atoms with Crippen LogP contribution < -0.4 is 4.74 Å². The highest BCUT2D eigenvalue weighted by Gasteiger charge is 2.36. The van der Waals surface area contributed by atoms with Gasteiger partial charge in [-0.05, 0) is 43.2 Å². The lowest BCUT2D eigenvalue weighted by molar-refractivity contribution is -0.130. The van der Waals surface area contributed by atoms with Crippen LogP contribution in [0.5, 0.6) is 5.75 Å². The van der Waals surface area contributed by atoms with E-state index >= 15 is 0 Å². The summed E-state index contributed by atoms with van der Waals surface area (Å²) in [6.45, 7) is 2.51. The molecular formula is C21H19F2N3O3. The van der Waals surface area contributed by atoms with Crippen molar-refractivity contribution in [1.29, 1.82) is 0 Å². The average molecular weight is 399 g/mol. The molecule has 3 aromatic rings. The normalized spacial score (nSPS) is 16.4. The fourth-order valence-corrected chi connectivity index (χ4v) is 3.47. The number of amides is 1. The lowest BCUT2D eigenvalue weighted by atomic mass is 10.1. The highest BCUT2D eigenvalue weighted by atomic mass is 19.1. The molecule has 0 bridgehead atoms. The molecule has 1 fully saturated rings. The van der Waals surface area contributed by atoms with E-state index in [0.717, 1.165) is 11.6 Å². The van der Waals surface area contributed by atoms with Crippen molar-refractivity contribution in [2.75, 3.05) is 6.61 Å². The highest BCUT2D eigenvalue weighted by molar-refractivity contribution is 5.78. The van der Waals surface area contributed by atoms with E-state index in [2.05, 4.69) is 10.1 Å². The summed E-state index contributed by atoms with van der Waals surface area (Å²) < 4.78 is 37.9. The van der Waals surface area contributed by atoms with Crippen molar-refractivity contribution < 1.29 is 22.8 Å². The van der Waals surface area contributed by atoms with Crippen LogP contribution in [0.1, 0.15) is 37.3 Å². The molecule has 4 rings (SSSR count). The Morgan fingerprint density at radius 1 is 1.21 bits per heavy atom. The molecular weight excluding hydrogens is 380 g/mol. The number of hydrogen-bond donors (Lipinski definition) is 0. The number of aromatic nitrogens is 2. The maximum atomic E-state index is 13.5. The van der Waals surface area contributed by atoms with Crippen LogP contribution in [0.3, 0.4) is 0 Å². The van der Waals surface area contributed by atoms with E-state index in [1.54, 1.807) is 0 Å². The molecule has 2 heterocycles. The summed E-state index contributed by atoms with van der Waals surface area (Å²) in [5.74, 6) is -0.114. The summed E-state index contributed by atoms with van der Waals surface area (Å²) in [4.78, 5) is 18.3. The van der Waals surface area contributed by atoms with Gasteiger partial charge in [0, 0.05) is 24.6 Å². The molecule has 8 heteroatoms. The summed E-state index contributed by atoms with van der Waals surface area (Å²) in [5, 5.41) is 4.03. The largest absolute Gasteiger partial charge is 0.494 e. The van der Waals surface area contributed by atoms with Crippen molar-refractivity contribution in [2.24, 2.45) is 0 Å². The van der Waals surface area contributed by atoms with Gasteiger partial charge in [-0.3, -0.25) is 4.79 Å². The molecule has 1 amide bonds.